The molecule has 0 bridgehead atoms. The van der Waals surface area contributed by atoms with E-state index in [0.29, 0.717) is 0 Å². The maximum atomic E-state index is 5.47. The first-order valence-corrected chi connectivity index (χ1v) is 5.26. The highest BCUT2D eigenvalue weighted by atomic mass is 79.9. The molecule has 0 aliphatic carbocycles. The van der Waals surface area contributed by atoms with Crippen LogP contribution in [0, 0.1) is 0 Å². The zero-order valence-electron chi connectivity index (χ0n) is 7.91. The first-order valence-electron chi connectivity index (χ1n) is 4.47. The molecule has 0 radical (unpaired) electrons. The fourth-order valence-corrected chi connectivity index (χ4v) is 1.77. The summed E-state index contributed by atoms with van der Waals surface area (Å²) in [4.78, 5) is 4.28. The van der Waals surface area contributed by atoms with Gasteiger partial charge in [-0.05, 0) is 40.9 Å². The van der Waals surface area contributed by atoms with Crippen molar-refractivity contribution in [1.82, 2.24) is 10.4 Å². The van der Waals surface area contributed by atoms with Gasteiger partial charge in [-0.2, -0.15) is 0 Å². The van der Waals surface area contributed by atoms with Crippen molar-refractivity contribution in [3.63, 3.8) is 0 Å². The summed E-state index contributed by atoms with van der Waals surface area (Å²) in [5.41, 5.74) is 3.70. The third-order valence-corrected chi connectivity index (χ3v) is 2.65. The minimum absolute atomic E-state index is 0.0728. The van der Waals surface area contributed by atoms with Gasteiger partial charge in [0.05, 0.1) is 11.7 Å². The molecule has 76 valence electrons. The second-order valence-electron chi connectivity index (χ2n) is 2.96. The van der Waals surface area contributed by atoms with Crippen LogP contribution in [0.25, 0.3) is 0 Å². The highest BCUT2D eigenvalue weighted by Crippen LogP contribution is 2.23. The van der Waals surface area contributed by atoms with Crippen molar-refractivity contribution in [2.75, 3.05) is 0 Å². The zero-order valence-corrected chi connectivity index (χ0v) is 9.50. The van der Waals surface area contributed by atoms with E-state index in [9.17, 15) is 0 Å². The molecular formula is C10H14BrN3. The minimum atomic E-state index is 0.0728. The van der Waals surface area contributed by atoms with Gasteiger partial charge in [0, 0.05) is 10.7 Å². The van der Waals surface area contributed by atoms with Crippen molar-refractivity contribution < 1.29 is 0 Å². The molecule has 0 saturated heterocycles. The van der Waals surface area contributed by atoms with Crippen LogP contribution in [-0.4, -0.2) is 4.98 Å². The molecule has 3 nitrogen and oxygen atoms in total. The molecule has 1 rings (SSSR count). The molecule has 0 fully saturated rings. The van der Waals surface area contributed by atoms with E-state index in [2.05, 4.69) is 32.9 Å². The van der Waals surface area contributed by atoms with Crippen LogP contribution >= 0.6 is 15.9 Å². The Kier molecular flexibility index (Phi) is 4.79. The zero-order chi connectivity index (χ0) is 10.4. The number of rotatable bonds is 5. The Hall–Kier alpha value is -0.710. The van der Waals surface area contributed by atoms with E-state index in [1.165, 1.54) is 0 Å². The summed E-state index contributed by atoms with van der Waals surface area (Å²) < 4.78 is 0.979. The van der Waals surface area contributed by atoms with Crippen molar-refractivity contribution in [3.05, 3.63) is 41.2 Å². The van der Waals surface area contributed by atoms with Crippen molar-refractivity contribution in [2.45, 2.75) is 18.9 Å². The van der Waals surface area contributed by atoms with Crippen molar-refractivity contribution in [1.29, 1.82) is 0 Å². The third kappa shape index (κ3) is 2.90. The average molecular weight is 256 g/mol. The summed E-state index contributed by atoms with van der Waals surface area (Å²) in [6.07, 6.45) is 5.45. The number of allylic oxidation sites excluding steroid dienone is 1. The number of nitrogens with one attached hydrogen (secondary N) is 1. The average Bonchev–Trinajstić information content (AvgIpc) is 2.21. The van der Waals surface area contributed by atoms with E-state index < -0.39 is 0 Å². The van der Waals surface area contributed by atoms with Gasteiger partial charge in [0.25, 0.3) is 0 Å². The number of halogens is 1. The Bertz CT molecular complexity index is 301. The molecule has 1 unspecified atom stereocenters. The second-order valence-corrected chi connectivity index (χ2v) is 3.81. The molecule has 0 amide bonds. The number of hydrazine groups is 1. The standard InChI is InChI=1S/C10H14BrN3/c1-2-3-6-9(14-12)10-8(11)5-4-7-13-10/h2,4-5,7,9,14H,1,3,6,12H2. The highest BCUT2D eigenvalue weighted by Gasteiger charge is 2.12. The monoisotopic (exact) mass is 255 g/mol. The van der Waals surface area contributed by atoms with Crippen LogP contribution < -0.4 is 11.3 Å². The van der Waals surface area contributed by atoms with Gasteiger partial charge in [0.1, 0.15) is 0 Å². The van der Waals surface area contributed by atoms with E-state index >= 15 is 0 Å². The highest BCUT2D eigenvalue weighted by molar-refractivity contribution is 9.10. The van der Waals surface area contributed by atoms with E-state index in [1.54, 1.807) is 6.20 Å². The largest absolute Gasteiger partial charge is 0.271 e. The fraction of sp³-hybridized carbons (Fsp3) is 0.300. The van der Waals surface area contributed by atoms with Gasteiger partial charge in [-0.3, -0.25) is 16.3 Å². The van der Waals surface area contributed by atoms with Crippen LogP contribution in [0.1, 0.15) is 24.6 Å². The number of pyridine rings is 1. The Morgan fingerprint density at radius 1 is 1.71 bits per heavy atom. The molecule has 14 heavy (non-hydrogen) atoms. The predicted molar refractivity (Wildman–Crippen MR) is 61.4 cm³/mol. The van der Waals surface area contributed by atoms with E-state index in [0.717, 1.165) is 23.0 Å². The predicted octanol–water partition coefficient (Wildman–Crippen LogP) is 2.31. The minimum Gasteiger partial charge on any atom is -0.271 e. The number of aromatic nitrogens is 1. The van der Waals surface area contributed by atoms with Crippen LogP contribution in [-0.2, 0) is 0 Å². The molecule has 1 atom stereocenters. The summed E-state index contributed by atoms with van der Waals surface area (Å²) in [6, 6.07) is 3.92. The van der Waals surface area contributed by atoms with Crippen molar-refractivity contribution in [2.24, 2.45) is 5.84 Å². The molecule has 0 aliphatic heterocycles. The lowest BCUT2D eigenvalue weighted by molar-refractivity contribution is 0.507. The third-order valence-electron chi connectivity index (χ3n) is 1.98. The Balaban J connectivity index is 2.78. The lowest BCUT2D eigenvalue weighted by atomic mass is 10.1. The van der Waals surface area contributed by atoms with E-state index in [4.69, 9.17) is 5.84 Å². The maximum absolute atomic E-state index is 5.47. The Morgan fingerprint density at radius 2 is 2.50 bits per heavy atom. The van der Waals surface area contributed by atoms with Gasteiger partial charge in [-0.1, -0.05) is 6.08 Å². The topological polar surface area (TPSA) is 50.9 Å². The van der Waals surface area contributed by atoms with E-state index in [1.807, 2.05) is 18.2 Å². The van der Waals surface area contributed by atoms with Crippen LogP contribution in [0.2, 0.25) is 0 Å². The van der Waals surface area contributed by atoms with Crippen LogP contribution in [0.5, 0.6) is 0 Å². The SMILES string of the molecule is C=CCCC(NN)c1ncccc1Br. The van der Waals surface area contributed by atoms with Gasteiger partial charge in [0.2, 0.25) is 0 Å². The maximum Gasteiger partial charge on any atom is 0.0728 e. The summed E-state index contributed by atoms with van der Waals surface area (Å²) >= 11 is 3.45. The second kappa shape index (κ2) is 5.90. The molecule has 3 N–H and O–H groups in total. The van der Waals surface area contributed by atoms with Crippen LogP contribution in [0.3, 0.4) is 0 Å². The molecule has 0 spiro atoms. The quantitative estimate of drug-likeness (QED) is 0.483. The normalized spacial score (nSPS) is 12.4. The van der Waals surface area contributed by atoms with Gasteiger partial charge in [-0.25, -0.2) is 0 Å². The molecule has 0 saturated carbocycles. The van der Waals surface area contributed by atoms with Crippen molar-refractivity contribution in [3.8, 4) is 0 Å². The Labute approximate surface area is 92.5 Å². The summed E-state index contributed by atoms with van der Waals surface area (Å²) in [6.45, 7) is 3.68. The molecular weight excluding hydrogens is 242 g/mol. The number of hydrogen-bond acceptors (Lipinski definition) is 3. The molecule has 4 heteroatoms. The molecule has 0 aliphatic rings. The van der Waals surface area contributed by atoms with E-state index in [-0.39, 0.29) is 6.04 Å². The first-order chi connectivity index (χ1) is 6.79. The smallest absolute Gasteiger partial charge is 0.0728 e. The van der Waals surface area contributed by atoms with Crippen LogP contribution in [0.15, 0.2) is 35.5 Å². The number of nitrogens with two attached hydrogens (primary N) is 1. The van der Waals surface area contributed by atoms with Gasteiger partial charge in [-0.15, -0.1) is 6.58 Å². The van der Waals surface area contributed by atoms with Gasteiger partial charge < -0.3 is 0 Å². The Morgan fingerprint density at radius 3 is 3.07 bits per heavy atom. The first kappa shape index (κ1) is 11.4. The summed E-state index contributed by atoms with van der Waals surface area (Å²) in [5.74, 6) is 5.47. The van der Waals surface area contributed by atoms with Crippen molar-refractivity contribution >= 4 is 15.9 Å². The molecule has 1 aromatic rings. The molecule has 1 aromatic heterocycles. The molecule has 1 heterocycles. The lowest BCUT2D eigenvalue weighted by Gasteiger charge is -2.15. The van der Waals surface area contributed by atoms with Gasteiger partial charge >= 0.3 is 0 Å². The number of hydrogen-bond donors (Lipinski definition) is 2. The van der Waals surface area contributed by atoms with Crippen LogP contribution in [0.4, 0.5) is 0 Å². The number of nitrogens with zero attached hydrogens (tertiary/aromatic N) is 1. The molecule has 0 aromatic carbocycles. The van der Waals surface area contributed by atoms with Gasteiger partial charge in [0.15, 0.2) is 0 Å². The summed E-state index contributed by atoms with van der Waals surface area (Å²) in [7, 11) is 0. The lowest BCUT2D eigenvalue weighted by Crippen LogP contribution is -2.28. The fourth-order valence-electron chi connectivity index (χ4n) is 1.24. The summed E-state index contributed by atoms with van der Waals surface area (Å²) in [5, 5.41) is 0.